The molecule has 0 bridgehead atoms. The van der Waals surface area contributed by atoms with E-state index in [4.69, 9.17) is 0 Å². The summed E-state index contributed by atoms with van der Waals surface area (Å²) in [5.41, 5.74) is 4.20. The number of hydrogen-bond acceptors (Lipinski definition) is 4. The molecule has 0 saturated carbocycles. The Hall–Kier alpha value is -2.70. The third-order valence-corrected chi connectivity index (χ3v) is 9.12. The molecule has 3 heterocycles. The van der Waals surface area contributed by atoms with Crippen molar-refractivity contribution in [3.05, 3.63) is 70.8 Å². The molecule has 2 aromatic rings. The van der Waals surface area contributed by atoms with Crippen molar-refractivity contribution in [2.45, 2.75) is 58.0 Å². The van der Waals surface area contributed by atoms with Gasteiger partial charge in [-0.2, -0.15) is 0 Å². The molecule has 3 fully saturated rings. The number of amides is 2. The van der Waals surface area contributed by atoms with Gasteiger partial charge in [0.15, 0.2) is 0 Å². The van der Waals surface area contributed by atoms with Crippen LogP contribution in [0.1, 0.15) is 65.2 Å². The first kappa shape index (κ1) is 26.9. The number of fused-ring (bicyclic) bond motifs is 1. The maximum Gasteiger partial charge on any atom is 0.254 e. The third kappa shape index (κ3) is 5.97. The largest absolute Gasteiger partial charge is 0.348 e. The molecule has 38 heavy (non-hydrogen) atoms. The van der Waals surface area contributed by atoms with Gasteiger partial charge in [0, 0.05) is 38.3 Å². The molecule has 5 rings (SSSR count). The summed E-state index contributed by atoms with van der Waals surface area (Å²) in [5, 5.41) is 3.43. The monoisotopic (exact) mass is 516 g/mol. The van der Waals surface area contributed by atoms with Crippen LogP contribution in [0.2, 0.25) is 0 Å². The highest BCUT2D eigenvalue weighted by Gasteiger charge is 2.42. The normalized spacial score (nSPS) is 25.1. The number of likely N-dealkylation sites (N-methyl/N-ethyl adjacent to an activating group) is 1. The van der Waals surface area contributed by atoms with E-state index in [0.29, 0.717) is 11.8 Å². The van der Waals surface area contributed by atoms with E-state index in [2.05, 4.69) is 51.3 Å². The lowest BCUT2D eigenvalue weighted by Crippen LogP contribution is -2.46. The number of nitrogens with zero attached hydrogens (tertiary/aromatic N) is 3. The first-order chi connectivity index (χ1) is 18.4. The number of hydrogen-bond donors (Lipinski definition) is 1. The molecule has 0 aromatic heterocycles. The van der Waals surface area contributed by atoms with E-state index < -0.39 is 0 Å². The maximum atomic E-state index is 13.4. The van der Waals surface area contributed by atoms with E-state index in [1.807, 2.05) is 38.1 Å². The molecule has 6 nitrogen and oxygen atoms in total. The fourth-order valence-corrected chi connectivity index (χ4v) is 6.92. The minimum Gasteiger partial charge on any atom is -0.348 e. The Kier molecular flexibility index (Phi) is 8.49. The fraction of sp³-hybridized carbons (Fsp3) is 0.562. The molecule has 0 radical (unpaired) electrons. The van der Waals surface area contributed by atoms with Gasteiger partial charge in [0.1, 0.15) is 0 Å². The second-order valence-corrected chi connectivity index (χ2v) is 11.9. The number of benzene rings is 2. The molecule has 3 aliphatic heterocycles. The van der Waals surface area contributed by atoms with Crippen molar-refractivity contribution in [1.29, 1.82) is 0 Å². The summed E-state index contributed by atoms with van der Waals surface area (Å²) in [5.74, 6) is 1.43. The first-order valence-corrected chi connectivity index (χ1v) is 14.5. The molecule has 3 aliphatic rings. The number of nitrogens with one attached hydrogen (secondary N) is 1. The number of carbonyl (C=O) groups excluding carboxylic acids is 2. The number of carbonyl (C=O) groups is 2. The van der Waals surface area contributed by atoms with Crippen molar-refractivity contribution in [3.63, 3.8) is 0 Å². The lowest BCUT2D eigenvalue weighted by Gasteiger charge is -2.29. The zero-order valence-corrected chi connectivity index (χ0v) is 23.4. The minimum absolute atomic E-state index is 0.0166. The summed E-state index contributed by atoms with van der Waals surface area (Å²) >= 11 is 0. The molecule has 0 aliphatic carbocycles. The van der Waals surface area contributed by atoms with Crippen molar-refractivity contribution in [2.75, 3.05) is 46.3 Å². The van der Waals surface area contributed by atoms with Crippen molar-refractivity contribution in [2.24, 2.45) is 11.8 Å². The van der Waals surface area contributed by atoms with E-state index in [-0.39, 0.29) is 23.9 Å². The summed E-state index contributed by atoms with van der Waals surface area (Å²) in [6.45, 7) is 9.78. The third-order valence-electron chi connectivity index (χ3n) is 9.12. The van der Waals surface area contributed by atoms with Crippen molar-refractivity contribution in [3.8, 4) is 0 Å². The lowest BCUT2D eigenvalue weighted by molar-refractivity contribution is -0.126. The van der Waals surface area contributed by atoms with Gasteiger partial charge >= 0.3 is 0 Å². The number of aryl methyl sites for hydroxylation is 2. The Morgan fingerprint density at radius 3 is 2.26 bits per heavy atom. The first-order valence-electron chi connectivity index (χ1n) is 14.5. The Morgan fingerprint density at radius 2 is 1.58 bits per heavy atom. The molecule has 2 aromatic carbocycles. The van der Waals surface area contributed by atoms with Crippen LogP contribution in [0.4, 0.5) is 0 Å². The Bertz CT molecular complexity index is 1090. The molecule has 3 saturated heterocycles. The highest BCUT2D eigenvalue weighted by Crippen LogP contribution is 2.33. The van der Waals surface area contributed by atoms with Gasteiger partial charge in [-0.25, -0.2) is 0 Å². The van der Waals surface area contributed by atoms with E-state index in [9.17, 15) is 9.59 Å². The molecule has 1 N–H and O–H groups in total. The number of rotatable bonds is 7. The molecule has 6 heteroatoms. The molecule has 0 spiro atoms. The van der Waals surface area contributed by atoms with Crippen LogP contribution >= 0.6 is 0 Å². The standard InChI is InChI=1S/C32H44N4O2/c1-23-11-10-12-24(2)30(23)32(38)36-21-26-19-35(20-27(26)22-36)18-16-28(25-13-6-4-7-14-25)33-31(37)29-15-8-5-9-17-34(29)3/h4,6-7,10-14,26-29H,5,8-9,15-22H2,1-3H3,(H,33,37)/t26-,27?,28?,29?/m0/s1. The number of likely N-dealkylation sites (tertiary alicyclic amines) is 3. The quantitative estimate of drug-likeness (QED) is 0.592. The van der Waals surface area contributed by atoms with Crippen LogP contribution in [0.3, 0.4) is 0 Å². The van der Waals surface area contributed by atoms with E-state index in [1.54, 1.807) is 0 Å². The van der Waals surface area contributed by atoms with Crippen LogP contribution in [0, 0.1) is 25.7 Å². The van der Waals surface area contributed by atoms with Crippen LogP contribution < -0.4 is 5.32 Å². The average Bonchev–Trinajstić information content (AvgIpc) is 3.40. The zero-order chi connectivity index (χ0) is 26.6. The zero-order valence-electron chi connectivity index (χ0n) is 23.4. The van der Waals surface area contributed by atoms with E-state index in [0.717, 1.165) is 75.2 Å². The summed E-state index contributed by atoms with van der Waals surface area (Å²) in [7, 11) is 2.09. The average molecular weight is 517 g/mol. The van der Waals surface area contributed by atoms with Gasteiger partial charge in [-0.05, 0) is 75.2 Å². The van der Waals surface area contributed by atoms with Crippen LogP contribution in [-0.4, -0.2) is 78.9 Å². The van der Waals surface area contributed by atoms with E-state index >= 15 is 0 Å². The van der Waals surface area contributed by atoms with Crippen molar-refractivity contribution >= 4 is 11.8 Å². The molecular weight excluding hydrogens is 472 g/mol. The summed E-state index contributed by atoms with van der Waals surface area (Å²) in [6, 6.07) is 16.5. The van der Waals surface area contributed by atoms with Crippen LogP contribution in [0.5, 0.6) is 0 Å². The summed E-state index contributed by atoms with van der Waals surface area (Å²) in [4.78, 5) is 33.5. The molecule has 4 atom stereocenters. The van der Waals surface area contributed by atoms with Crippen molar-refractivity contribution < 1.29 is 9.59 Å². The minimum atomic E-state index is -0.0322. The predicted molar refractivity (Wildman–Crippen MR) is 152 cm³/mol. The van der Waals surface area contributed by atoms with Gasteiger partial charge in [-0.1, -0.05) is 61.4 Å². The van der Waals surface area contributed by atoms with Gasteiger partial charge in [0.05, 0.1) is 12.1 Å². The summed E-state index contributed by atoms with van der Waals surface area (Å²) < 4.78 is 0. The SMILES string of the molecule is Cc1cccc(C)c1C(=O)N1CC2CN(CCC(NC(=O)C3CCCCCN3C)c3ccccc3)C[C@H]2C1. The smallest absolute Gasteiger partial charge is 0.254 e. The molecule has 3 unspecified atom stereocenters. The highest BCUT2D eigenvalue weighted by molar-refractivity contribution is 5.97. The van der Waals surface area contributed by atoms with E-state index in [1.165, 1.54) is 18.4 Å². The maximum absolute atomic E-state index is 13.4. The van der Waals surface area contributed by atoms with Gasteiger partial charge in [-0.15, -0.1) is 0 Å². The van der Waals surface area contributed by atoms with Crippen LogP contribution in [-0.2, 0) is 4.79 Å². The second kappa shape index (κ2) is 12.0. The highest BCUT2D eigenvalue weighted by atomic mass is 16.2. The lowest BCUT2D eigenvalue weighted by atomic mass is 10.0. The van der Waals surface area contributed by atoms with Crippen LogP contribution in [0.15, 0.2) is 48.5 Å². The fourth-order valence-electron chi connectivity index (χ4n) is 6.92. The summed E-state index contributed by atoms with van der Waals surface area (Å²) in [6.07, 6.45) is 5.35. The predicted octanol–water partition coefficient (Wildman–Crippen LogP) is 4.43. The van der Waals surface area contributed by atoms with Gasteiger partial charge < -0.3 is 15.1 Å². The van der Waals surface area contributed by atoms with Gasteiger partial charge in [-0.3, -0.25) is 14.5 Å². The van der Waals surface area contributed by atoms with Crippen molar-refractivity contribution in [1.82, 2.24) is 20.0 Å². The molecular formula is C32H44N4O2. The Morgan fingerprint density at radius 1 is 0.895 bits per heavy atom. The van der Waals surface area contributed by atoms with Crippen LogP contribution in [0.25, 0.3) is 0 Å². The van der Waals surface area contributed by atoms with Gasteiger partial charge in [0.25, 0.3) is 5.91 Å². The molecule has 204 valence electrons. The second-order valence-electron chi connectivity index (χ2n) is 11.9. The molecule has 2 amide bonds. The van der Waals surface area contributed by atoms with Gasteiger partial charge in [0.2, 0.25) is 5.91 Å². The Labute approximate surface area is 228 Å². The topological polar surface area (TPSA) is 55.9 Å². The Balaban J connectivity index is 1.18.